The summed E-state index contributed by atoms with van der Waals surface area (Å²) in [5, 5.41) is 14.5. The van der Waals surface area contributed by atoms with Gasteiger partial charge in [0.15, 0.2) is 32.9 Å². The molecule has 2 aliphatic rings. The molecular weight excluding hydrogens is 524 g/mol. The molecule has 2 fully saturated rings. The van der Waals surface area contributed by atoms with Crippen molar-refractivity contribution in [3.8, 4) is 34.0 Å². The zero-order valence-electron chi connectivity index (χ0n) is 20.7. The molecule has 0 saturated carbocycles. The molecule has 0 aliphatic carbocycles. The SMILES string of the molecule is CC(C)S(=O)(=O)c1ccc(-c2cnc(/N=C3\OB3C3BO3)c(-c3cc(-c4ccc([N+](=O)[O-])cc4)no3)n2)cc1. The molecule has 2 aromatic heterocycles. The van der Waals surface area contributed by atoms with Crippen LogP contribution in [0.25, 0.3) is 34.0 Å². The third-order valence-corrected chi connectivity index (χ3v) is 8.49. The summed E-state index contributed by atoms with van der Waals surface area (Å²) in [7, 11) is -2.80. The summed E-state index contributed by atoms with van der Waals surface area (Å²) in [6.07, 6.45) is 1.54. The molecule has 39 heavy (non-hydrogen) atoms. The van der Waals surface area contributed by atoms with Gasteiger partial charge >= 0.3 is 6.92 Å². The lowest BCUT2D eigenvalue weighted by molar-refractivity contribution is -0.384. The van der Waals surface area contributed by atoms with Gasteiger partial charge in [-0.25, -0.2) is 23.4 Å². The van der Waals surface area contributed by atoms with E-state index in [1.54, 1.807) is 56.3 Å². The van der Waals surface area contributed by atoms with E-state index < -0.39 is 20.0 Å². The van der Waals surface area contributed by atoms with Gasteiger partial charge in [-0.05, 0) is 38.1 Å². The molecule has 194 valence electrons. The Morgan fingerprint density at radius 2 is 1.74 bits per heavy atom. The molecule has 15 heteroatoms. The molecule has 2 aliphatic heterocycles. The van der Waals surface area contributed by atoms with Crippen molar-refractivity contribution in [3.63, 3.8) is 0 Å². The average molecular weight is 543 g/mol. The normalized spacial score (nSPS) is 17.2. The van der Waals surface area contributed by atoms with Crippen molar-refractivity contribution in [1.29, 1.82) is 0 Å². The molecular formula is C24H19B2N5O7S. The van der Waals surface area contributed by atoms with Crippen LogP contribution in [-0.4, -0.2) is 59.8 Å². The van der Waals surface area contributed by atoms with Crippen molar-refractivity contribution >= 4 is 41.5 Å². The number of hydrogen-bond acceptors (Lipinski definition) is 11. The maximum Gasteiger partial charge on any atom is 0.474 e. The Morgan fingerprint density at radius 1 is 1.08 bits per heavy atom. The molecule has 2 saturated heterocycles. The summed E-state index contributed by atoms with van der Waals surface area (Å²) < 4.78 is 41.4. The van der Waals surface area contributed by atoms with Crippen LogP contribution in [0.4, 0.5) is 11.5 Å². The summed E-state index contributed by atoms with van der Waals surface area (Å²) in [4.78, 5) is 24.4. The number of aromatic nitrogens is 3. The Hall–Kier alpha value is -4.36. The van der Waals surface area contributed by atoms with Crippen LogP contribution in [0.2, 0.25) is 0 Å². The fourth-order valence-electron chi connectivity index (χ4n) is 3.89. The van der Waals surface area contributed by atoms with E-state index in [9.17, 15) is 18.5 Å². The predicted molar refractivity (Wildman–Crippen MR) is 143 cm³/mol. The molecule has 1 atom stereocenters. The van der Waals surface area contributed by atoms with Gasteiger partial charge < -0.3 is 13.8 Å². The van der Waals surface area contributed by atoms with Crippen molar-refractivity contribution < 1.29 is 27.2 Å². The minimum atomic E-state index is -3.42. The number of hydrogen-bond donors (Lipinski definition) is 0. The van der Waals surface area contributed by atoms with E-state index >= 15 is 0 Å². The second-order valence-electron chi connectivity index (χ2n) is 9.29. The molecule has 0 N–H and O–H groups in total. The summed E-state index contributed by atoms with van der Waals surface area (Å²) >= 11 is 0. The monoisotopic (exact) mass is 543 g/mol. The molecule has 0 radical (unpaired) electrons. The third-order valence-electron chi connectivity index (χ3n) is 6.32. The van der Waals surface area contributed by atoms with Gasteiger partial charge in [0.1, 0.15) is 5.69 Å². The second kappa shape index (κ2) is 9.43. The quantitative estimate of drug-likeness (QED) is 0.139. The lowest BCUT2D eigenvalue weighted by atomic mass is 9.65. The van der Waals surface area contributed by atoms with Gasteiger partial charge in [0.05, 0.1) is 32.9 Å². The Bertz CT molecular complexity index is 1720. The van der Waals surface area contributed by atoms with E-state index in [0.29, 0.717) is 41.5 Å². The van der Waals surface area contributed by atoms with Gasteiger partial charge in [-0.15, -0.1) is 0 Å². The summed E-state index contributed by atoms with van der Waals surface area (Å²) in [5.41, 5.74) is 2.43. The summed E-state index contributed by atoms with van der Waals surface area (Å²) in [5.74, 6) is 1.01. The predicted octanol–water partition coefficient (Wildman–Crippen LogP) is 3.39. The highest BCUT2D eigenvalue weighted by Gasteiger charge is 2.57. The van der Waals surface area contributed by atoms with Gasteiger partial charge in [-0.1, -0.05) is 17.3 Å². The van der Waals surface area contributed by atoms with Gasteiger partial charge in [-0.3, -0.25) is 10.1 Å². The first kappa shape index (κ1) is 24.9. The van der Waals surface area contributed by atoms with Crippen LogP contribution in [0.1, 0.15) is 13.8 Å². The average Bonchev–Trinajstić information content (AvgIpc) is 3.86. The maximum absolute atomic E-state index is 12.5. The Morgan fingerprint density at radius 3 is 2.38 bits per heavy atom. The van der Waals surface area contributed by atoms with Crippen molar-refractivity contribution in [2.24, 2.45) is 4.99 Å². The van der Waals surface area contributed by atoms with E-state index in [2.05, 4.69) is 15.1 Å². The second-order valence-corrected chi connectivity index (χ2v) is 11.8. The zero-order chi connectivity index (χ0) is 27.3. The van der Waals surface area contributed by atoms with E-state index in [-0.39, 0.29) is 35.0 Å². The molecule has 6 rings (SSSR count). The maximum atomic E-state index is 12.5. The third kappa shape index (κ3) is 4.93. The highest BCUT2D eigenvalue weighted by Crippen LogP contribution is 2.35. The van der Waals surface area contributed by atoms with E-state index in [4.69, 9.17) is 18.8 Å². The van der Waals surface area contributed by atoms with Crippen LogP contribution in [-0.2, 0) is 19.1 Å². The lowest BCUT2D eigenvalue weighted by Gasteiger charge is -2.09. The molecule has 1 unspecified atom stereocenters. The number of aliphatic imine (C=N–C) groups is 1. The van der Waals surface area contributed by atoms with E-state index in [1.165, 1.54) is 18.3 Å². The number of nitro benzene ring substituents is 1. The van der Waals surface area contributed by atoms with Crippen LogP contribution in [0.15, 0.2) is 75.2 Å². The first-order valence-corrected chi connectivity index (χ1v) is 13.6. The van der Waals surface area contributed by atoms with E-state index in [1.807, 2.05) is 0 Å². The van der Waals surface area contributed by atoms with Crippen LogP contribution < -0.4 is 0 Å². The number of rotatable bonds is 8. The highest BCUT2D eigenvalue weighted by molar-refractivity contribution is 7.92. The Labute approximate surface area is 223 Å². The van der Waals surface area contributed by atoms with Gasteiger partial charge in [-0.2, -0.15) is 0 Å². The molecule has 4 aromatic rings. The van der Waals surface area contributed by atoms with Crippen molar-refractivity contribution in [3.05, 3.63) is 70.9 Å². The molecule has 0 spiro atoms. The van der Waals surface area contributed by atoms with Gasteiger partial charge in [0.2, 0.25) is 0 Å². The zero-order valence-corrected chi connectivity index (χ0v) is 21.5. The first-order valence-electron chi connectivity index (χ1n) is 12.0. The van der Waals surface area contributed by atoms with Crippen LogP contribution in [0.5, 0.6) is 0 Å². The molecule has 0 bridgehead atoms. The molecule has 2 aromatic carbocycles. The van der Waals surface area contributed by atoms with Gasteiger partial charge in [0.25, 0.3) is 13.2 Å². The number of sulfone groups is 1. The fourth-order valence-corrected chi connectivity index (χ4v) is 4.95. The van der Waals surface area contributed by atoms with Crippen LogP contribution in [0, 0.1) is 10.1 Å². The molecule has 4 heterocycles. The highest BCUT2D eigenvalue weighted by atomic mass is 32.2. The molecule has 12 nitrogen and oxygen atoms in total. The number of nitro groups is 1. The standard InChI is InChI=1S/C24H19B2N5O7S/c1-13(2)39(34,35)17-9-5-15(6-10-17)19-12-27-22(29-24-26(37-24)23-25-36-23)21(28-19)20-11-18(30-38-20)14-3-7-16(8-4-14)31(32)33/h3-13,23,25H,1-2H3/b29-24-. The largest absolute Gasteiger partial charge is 0.544 e. The summed E-state index contributed by atoms with van der Waals surface area (Å²) in [6.45, 7) is 3.06. The first-order chi connectivity index (χ1) is 18.7. The van der Waals surface area contributed by atoms with Crippen LogP contribution in [0.3, 0.4) is 0 Å². The van der Waals surface area contributed by atoms with Gasteiger partial charge in [0, 0.05) is 29.3 Å². The number of benzene rings is 2. The molecule has 0 amide bonds. The van der Waals surface area contributed by atoms with Crippen molar-refractivity contribution in [2.75, 3.05) is 0 Å². The number of non-ortho nitro benzene ring substituents is 1. The minimum Gasteiger partial charge on any atom is -0.544 e. The van der Waals surface area contributed by atoms with Crippen LogP contribution >= 0.6 is 0 Å². The number of nitrogens with zero attached hydrogens (tertiary/aromatic N) is 5. The van der Waals surface area contributed by atoms with Crippen molar-refractivity contribution in [2.45, 2.75) is 29.9 Å². The smallest absolute Gasteiger partial charge is 0.474 e. The van der Waals surface area contributed by atoms with E-state index in [0.717, 1.165) is 0 Å². The minimum absolute atomic E-state index is 0.000848. The van der Waals surface area contributed by atoms with Crippen molar-refractivity contribution in [1.82, 2.24) is 15.1 Å². The topological polar surface area (TPSA) is 167 Å². The lowest BCUT2D eigenvalue weighted by Crippen LogP contribution is -2.13. The summed E-state index contributed by atoms with van der Waals surface area (Å²) in [6, 6.07) is 14.0. The Kier molecular flexibility index (Phi) is 6.03. The fraction of sp³-hybridized carbons (Fsp3) is 0.167. The Balaban J connectivity index is 1.37.